The monoisotopic (exact) mass is 258 g/mol. The second kappa shape index (κ2) is 7.49. The van der Waals surface area contributed by atoms with E-state index < -0.39 is 0 Å². The summed E-state index contributed by atoms with van der Waals surface area (Å²) in [4.78, 5) is 0. The first-order chi connectivity index (χ1) is 9.27. The lowest BCUT2D eigenvalue weighted by molar-refractivity contribution is 0.112. The van der Waals surface area contributed by atoms with Gasteiger partial charge in [-0.15, -0.1) is 0 Å². The Hall–Kier alpha value is -1.08. The standard InChI is InChI=1S/C18H26O/c1-15(2)18-12-6-10-17(18)11-7-13-19-14-16-8-4-3-5-9-16/h3-5,8-9,17-18H,1,6-7,10-14H2,2H3/t17-,18-/m1/s1. The van der Waals surface area contributed by atoms with Crippen LogP contribution in [-0.4, -0.2) is 6.61 Å². The van der Waals surface area contributed by atoms with E-state index in [0.717, 1.165) is 25.0 Å². The Morgan fingerprint density at radius 1 is 1.26 bits per heavy atom. The Morgan fingerprint density at radius 2 is 2.05 bits per heavy atom. The molecule has 1 aliphatic rings. The molecule has 1 aliphatic carbocycles. The van der Waals surface area contributed by atoms with E-state index in [0.29, 0.717) is 0 Å². The normalized spacial score (nSPS) is 22.6. The van der Waals surface area contributed by atoms with Gasteiger partial charge in [-0.3, -0.25) is 0 Å². The van der Waals surface area contributed by atoms with E-state index in [4.69, 9.17) is 4.74 Å². The van der Waals surface area contributed by atoms with E-state index in [-0.39, 0.29) is 0 Å². The number of ether oxygens (including phenoxy) is 1. The fourth-order valence-corrected chi connectivity index (χ4v) is 3.24. The highest BCUT2D eigenvalue weighted by Gasteiger charge is 2.26. The molecule has 0 amide bonds. The third kappa shape index (κ3) is 4.50. The molecule has 0 heterocycles. The minimum absolute atomic E-state index is 0.745. The van der Waals surface area contributed by atoms with Crippen LogP contribution in [0.4, 0.5) is 0 Å². The van der Waals surface area contributed by atoms with Crippen molar-refractivity contribution < 1.29 is 4.74 Å². The fraction of sp³-hybridized carbons (Fsp3) is 0.556. The molecule has 2 atom stereocenters. The lowest BCUT2D eigenvalue weighted by Crippen LogP contribution is -2.09. The summed E-state index contributed by atoms with van der Waals surface area (Å²) in [6.07, 6.45) is 6.60. The average Bonchev–Trinajstić information content (AvgIpc) is 2.88. The van der Waals surface area contributed by atoms with Crippen LogP contribution in [0.25, 0.3) is 0 Å². The molecule has 0 N–H and O–H groups in total. The van der Waals surface area contributed by atoms with Crippen LogP contribution in [0.15, 0.2) is 42.5 Å². The molecule has 0 spiro atoms. The van der Waals surface area contributed by atoms with Crippen molar-refractivity contribution in [3.05, 3.63) is 48.0 Å². The summed E-state index contributed by atoms with van der Waals surface area (Å²) in [5, 5.41) is 0. The first kappa shape index (κ1) is 14.3. The quantitative estimate of drug-likeness (QED) is 0.495. The Kier molecular flexibility index (Phi) is 5.65. The number of hydrogen-bond donors (Lipinski definition) is 0. The maximum Gasteiger partial charge on any atom is 0.0716 e. The van der Waals surface area contributed by atoms with Crippen molar-refractivity contribution in [1.29, 1.82) is 0 Å². The van der Waals surface area contributed by atoms with Gasteiger partial charge in [-0.2, -0.15) is 0 Å². The van der Waals surface area contributed by atoms with Gasteiger partial charge in [-0.05, 0) is 50.0 Å². The molecule has 0 saturated heterocycles. The van der Waals surface area contributed by atoms with Gasteiger partial charge in [0.25, 0.3) is 0 Å². The Balaban J connectivity index is 1.60. The highest BCUT2D eigenvalue weighted by Crippen LogP contribution is 2.38. The van der Waals surface area contributed by atoms with Crippen molar-refractivity contribution >= 4 is 0 Å². The van der Waals surface area contributed by atoms with Gasteiger partial charge in [0.05, 0.1) is 6.61 Å². The van der Waals surface area contributed by atoms with Crippen molar-refractivity contribution in [3.8, 4) is 0 Å². The van der Waals surface area contributed by atoms with Crippen LogP contribution < -0.4 is 0 Å². The second-order valence-electron chi connectivity index (χ2n) is 5.82. The third-order valence-corrected chi connectivity index (χ3v) is 4.27. The molecule has 2 rings (SSSR count). The SMILES string of the molecule is C=C(C)[C@H]1CCC[C@@H]1CCCOCc1ccccc1. The predicted octanol–water partition coefficient (Wildman–Crippen LogP) is 4.98. The number of rotatable bonds is 7. The summed E-state index contributed by atoms with van der Waals surface area (Å²) in [5.41, 5.74) is 2.65. The van der Waals surface area contributed by atoms with Crippen molar-refractivity contribution in [2.45, 2.75) is 45.6 Å². The van der Waals surface area contributed by atoms with Crippen molar-refractivity contribution in [2.24, 2.45) is 11.8 Å². The molecule has 1 saturated carbocycles. The first-order valence-electron chi connectivity index (χ1n) is 7.54. The zero-order valence-electron chi connectivity index (χ0n) is 12.1. The van der Waals surface area contributed by atoms with Gasteiger partial charge >= 0.3 is 0 Å². The maximum atomic E-state index is 5.75. The maximum absolute atomic E-state index is 5.75. The smallest absolute Gasteiger partial charge is 0.0716 e. The third-order valence-electron chi connectivity index (χ3n) is 4.27. The summed E-state index contributed by atoms with van der Waals surface area (Å²) in [6.45, 7) is 7.96. The zero-order valence-corrected chi connectivity index (χ0v) is 12.1. The van der Waals surface area contributed by atoms with E-state index in [2.05, 4.69) is 37.8 Å². The molecule has 0 bridgehead atoms. The van der Waals surface area contributed by atoms with Crippen LogP contribution in [0, 0.1) is 11.8 Å². The second-order valence-corrected chi connectivity index (χ2v) is 5.82. The summed E-state index contributed by atoms with van der Waals surface area (Å²) in [7, 11) is 0. The highest BCUT2D eigenvalue weighted by molar-refractivity contribution is 5.13. The molecule has 1 aromatic rings. The van der Waals surface area contributed by atoms with Gasteiger partial charge in [-0.1, -0.05) is 48.9 Å². The zero-order chi connectivity index (χ0) is 13.5. The molecule has 1 heteroatoms. The molecular formula is C18H26O. The first-order valence-corrected chi connectivity index (χ1v) is 7.54. The van der Waals surface area contributed by atoms with Crippen LogP contribution in [-0.2, 0) is 11.3 Å². The highest BCUT2D eigenvalue weighted by atomic mass is 16.5. The van der Waals surface area contributed by atoms with Crippen molar-refractivity contribution in [3.63, 3.8) is 0 Å². The van der Waals surface area contributed by atoms with Crippen LogP contribution in [0.1, 0.15) is 44.6 Å². The Labute approximate surface area is 117 Å². The number of benzene rings is 1. The topological polar surface area (TPSA) is 9.23 Å². The number of hydrogen-bond acceptors (Lipinski definition) is 1. The van der Waals surface area contributed by atoms with Gasteiger partial charge in [0.2, 0.25) is 0 Å². The minimum atomic E-state index is 0.745. The van der Waals surface area contributed by atoms with Crippen molar-refractivity contribution in [2.75, 3.05) is 6.61 Å². The van der Waals surface area contributed by atoms with Crippen molar-refractivity contribution in [1.82, 2.24) is 0 Å². The molecule has 104 valence electrons. The van der Waals surface area contributed by atoms with Gasteiger partial charge in [0.15, 0.2) is 0 Å². The van der Waals surface area contributed by atoms with Crippen LogP contribution in [0.2, 0.25) is 0 Å². The minimum Gasteiger partial charge on any atom is -0.377 e. The molecule has 1 fully saturated rings. The van der Waals surface area contributed by atoms with Crippen LogP contribution in [0.3, 0.4) is 0 Å². The largest absolute Gasteiger partial charge is 0.377 e. The van der Waals surface area contributed by atoms with Crippen LogP contribution in [0.5, 0.6) is 0 Å². The van der Waals surface area contributed by atoms with E-state index in [9.17, 15) is 0 Å². The summed E-state index contributed by atoms with van der Waals surface area (Å²) >= 11 is 0. The Bertz CT molecular complexity index is 382. The van der Waals surface area contributed by atoms with Crippen LogP contribution >= 0.6 is 0 Å². The number of allylic oxidation sites excluding steroid dienone is 1. The van der Waals surface area contributed by atoms with Gasteiger partial charge in [0.1, 0.15) is 0 Å². The molecule has 1 nitrogen and oxygen atoms in total. The average molecular weight is 258 g/mol. The molecule has 0 aromatic heterocycles. The Morgan fingerprint density at radius 3 is 2.79 bits per heavy atom. The van der Waals surface area contributed by atoms with E-state index >= 15 is 0 Å². The van der Waals surface area contributed by atoms with Gasteiger partial charge in [0, 0.05) is 6.61 Å². The van der Waals surface area contributed by atoms with E-state index in [1.807, 2.05) is 6.07 Å². The van der Waals surface area contributed by atoms with Gasteiger partial charge in [-0.25, -0.2) is 0 Å². The lowest BCUT2D eigenvalue weighted by Gasteiger charge is -2.19. The molecule has 0 aliphatic heterocycles. The summed E-state index contributed by atoms with van der Waals surface area (Å²) < 4.78 is 5.75. The van der Waals surface area contributed by atoms with Gasteiger partial charge < -0.3 is 4.74 Å². The fourth-order valence-electron chi connectivity index (χ4n) is 3.24. The molecule has 19 heavy (non-hydrogen) atoms. The summed E-state index contributed by atoms with van der Waals surface area (Å²) in [5.74, 6) is 1.63. The molecule has 0 radical (unpaired) electrons. The predicted molar refractivity (Wildman–Crippen MR) is 81.0 cm³/mol. The molecular weight excluding hydrogens is 232 g/mol. The van der Waals surface area contributed by atoms with E-state index in [1.165, 1.54) is 43.2 Å². The molecule has 0 unspecified atom stereocenters. The lowest BCUT2D eigenvalue weighted by atomic mass is 9.87. The molecule has 1 aromatic carbocycles. The van der Waals surface area contributed by atoms with E-state index in [1.54, 1.807) is 0 Å². The summed E-state index contributed by atoms with van der Waals surface area (Å²) in [6, 6.07) is 10.4.